The smallest absolute Gasteiger partial charge is 0.245 e. The minimum atomic E-state index is 0.00607. The van der Waals surface area contributed by atoms with Gasteiger partial charge in [0.25, 0.3) is 0 Å². The van der Waals surface area contributed by atoms with Gasteiger partial charge in [0.05, 0.1) is 0 Å². The number of carbonyl (C=O) groups is 1. The summed E-state index contributed by atoms with van der Waals surface area (Å²) in [6, 6.07) is 2.05. The molecule has 0 spiro atoms. The van der Waals surface area contributed by atoms with Gasteiger partial charge in [-0.05, 0) is 36.5 Å². The highest BCUT2D eigenvalue weighted by atomic mass is 35.5. The number of rotatable bonds is 2. The second-order valence-corrected chi connectivity index (χ2v) is 5.28. The van der Waals surface area contributed by atoms with Crippen molar-refractivity contribution in [2.24, 2.45) is 0 Å². The van der Waals surface area contributed by atoms with Gasteiger partial charge in [-0.2, -0.15) is 5.10 Å². The zero-order chi connectivity index (χ0) is 14.1. The Kier molecular flexibility index (Phi) is 3.44. The van der Waals surface area contributed by atoms with Crippen LogP contribution in [-0.2, 0) is 4.79 Å². The Hall–Kier alpha value is -1.88. The molecule has 1 saturated heterocycles. The molecule has 104 valence electrons. The van der Waals surface area contributed by atoms with Crippen LogP contribution in [0.1, 0.15) is 24.3 Å². The van der Waals surface area contributed by atoms with E-state index in [1.165, 1.54) is 18.0 Å². The van der Waals surface area contributed by atoms with Crippen molar-refractivity contribution < 1.29 is 4.79 Å². The highest BCUT2D eigenvalue weighted by molar-refractivity contribution is 6.32. The van der Waals surface area contributed by atoms with Crippen LogP contribution in [0.5, 0.6) is 0 Å². The number of nitrogens with zero attached hydrogens (tertiary/aromatic N) is 4. The maximum Gasteiger partial charge on any atom is 0.245 e. The molecule has 3 heterocycles. The fraction of sp³-hybridized carbons (Fsp3) is 0.357. The summed E-state index contributed by atoms with van der Waals surface area (Å²) in [6.07, 6.45) is 6.57. The molecule has 1 amide bonds. The minimum absolute atomic E-state index is 0.00607. The molecule has 6 heteroatoms. The van der Waals surface area contributed by atoms with Crippen molar-refractivity contribution >= 4 is 23.0 Å². The monoisotopic (exact) mass is 290 g/mol. The lowest BCUT2D eigenvalue weighted by atomic mass is 9.90. The molecule has 0 atom stereocenters. The van der Waals surface area contributed by atoms with Gasteiger partial charge in [-0.3, -0.25) is 4.79 Å². The first-order chi connectivity index (χ1) is 9.70. The van der Waals surface area contributed by atoms with Gasteiger partial charge >= 0.3 is 0 Å². The first-order valence-corrected chi connectivity index (χ1v) is 6.97. The van der Waals surface area contributed by atoms with E-state index in [9.17, 15) is 4.79 Å². The Morgan fingerprint density at radius 1 is 1.45 bits per heavy atom. The molecule has 2 aromatic heterocycles. The standard InChI is InChI=1S/C14H15ClN4O/c1-2-12(20)18-6-3-10(4-7-18)11-5-8-19-13(11)14(15)16-9-17-19/h2,5,8-10H,1,3-4,6-7H2. The van der Waals surface area contributed by atoms with Crippen LogP contribution < -0.4 is 0 Å². The summed E-state index contributed by atoms with van der Waals surface area (Å²) in [5, 5.41) is 4.63. The maximum atomic E-state index is 11.6. The second-order valence-electron chi connectivity index (χ2n) is 4.92. The zero-order valence-corrected chi connectivity index (χ0v) is 11.8. The van der Waals surface area contributed by atoms with Gasteiger partial charge < -0.3 is 4.90 Å². The molecule has 0 saturated carbocycles. The minimum Gasteiger partial charge on any atom is -0.339 e. The predicted molar refractivity (Wildman–Crippen MR) is 76.7 cm³/mol. The maximum absolute atomic E-state index is 11.6. The lowest BCUT2D eigenvalue weighted by Crippen LogP contribution is -2.36. The van der Waals surface area contributed by atoms with Gasteiger partial charge in [0.2, 0.25) is 5.91 Å². The Balaban J connectivity index is 1.84. The van der Waals surface area contributed by atoms with Crippen molar-refractivity contribution in [3.05, 3.63) is 42.0 Å². The fourth-order valence-electron chi connectivity index (χ4n) is 2.81. The van der Waals surface area contributed by atoms with E-state index in [1.54, 1.807) is 4.52 Å². The number of fused-ring (bicyclic) bond motifs is 1. The van der Waals surface area contributed by atoms with E-state index in [2.05, 4.69) is 16.7 Å². The first kappa shape index (κ1) is 13.1. The summed E-state index contributed by atoms with van der Waals surface area (Å²) in [6.45, 7) is 5.03. The molecular formula is C14H15ClN4O. The van der Waals surface area contributed by atoms with Crippen LogP contribution in [0.3, 0.4) is 0 Å². The van der Waals surface area contributed by atoms with E-state index in [0.29, 0.717) is 11.1 Å². The van der Waals surface area contributed by atoms with Crippen molar-refractivity contribution in [2.45, 2.75) is 18.8 Å². The number of carbonyl (C=O) groups excluding carboxylic acids is 1. The molecule has 0 aromatic carbocycles. The van der Waals surface area contributed by atoms with Gasteiger partial charge in [-0.15, -0.1) is 0 Å². The van der Waals surface area contributed by atoms with Gasteiger partial charge in [0.1, 0.15) is 11.8 Å². The summed E-state index contributed by atoms with van der Waals surface area (Å²) in [4.78, 5) is 17.5. The molecule has 20 heavy (non-hydrogen) atoms. The van der Waals surface area contributed by atoms with Crippen LogP contribution in [0, 0.1) is 0 Å². The van der Waals surface area contributed by atoms with Crippen molar-refractivity contribution in [3.63, 3.8) is 0 Å². The Labute approximate surface area is 121 Å². The molecule has 2 aromatic rings. The zero-order valence-electron chi connectivity index (χ0n) is 11.0. The summed E-state index contributed by atoms with van der Waals surface area (Å²) in [7, 11) is 0. The van der Waals surface area contributed by atoms with Crippen molar-refractivity contribution in [2.75, 3.05) is 13.1 Å². The second kappa shape index (κ2) is 5.25. The van der Waals surface area contributed by atoms with Crippen LogP contribution in [0.4, 0.5) is 0 Å². The Morgan fingerprint density at radius 3 is 2.90 bits per heavy atom. The van der Waals surface area contributed by atoms with Gasteiger partial charge in [0.15, 0.2) is 5.15 Å². The van der Waals surface area contributed by atoms with E-state index < -0.39 is 0 Å². The molecule has 0 aliphatic carbocycles. The number of piperidine rings is 1. The summed E-state index contributed by atoms with van der Waals surface area (Å²) in [5.41, 5.74) is 2.05. The summed E-state index contributed by atoms with van der Waals surface area (Å²) < 4.78 is 1.76. The van der Waals surface area contributed by atoms with Gasteiger partial charge in [-0.1, -0.05) is 18.2 Å². The summed E-state index contributed by atoms with van der Waals surface area (Å²) >= 11 is 6.17. The van der Waals surface area contributed by atoms with Crippen molar-refractivity contribution in [1.29, 1.82) is 0 Å². The number of amides is 1. The van der Waals surface area contributed by atoms with Gasteiger partial charge in [0, 0.05) is 19.3 Å². The molecule has 1 fully saturated rings. The predicted octanol–water partition coefficient (Wildman–Crippen LogP) is 2.27. The normalized spacial score (nSPS) is 16.6. The van der Waals surface area contributed by atoms with Crippen LogP contribution >= 0.6 is 11.6 Å². The molecule has 3 rings (SSSR count). The average molecular weight is 291 g/mol. The van der Waals surface area contributed by atoms with Crippen molar-refractivity contribution in [3.8, 4) is 0 Å². The molecule has 5 nitrogen and oxygen atoms in total. The molecular weight excluding hydrogens is 276 g/mol. The van der Waals surface area contributed by atoms with Crippen LogP contribution in [0.25, 0.3) is 5.52 Å². The van der Waals surface area contributed by atoms with Gasteiger partial charge in [-0.25, -0.2) is 9.50 Å². The lowest BCUT2D eigenvalue weighted by Gasteiger charge is -2.31. The SMILES string of the molecule is C=CC(=O)N1CCC(c2ccn3ncnc(Cl)c23)CC1. The third-order valence-corrected chi connectivity index (χ3v) is 4.14. The third-order valence-electron chi connectivity index (χ3n) is 3.86. The Bertz CT molecular complexity index is 658. The molecule has 1 aliphatic heterocycles. The first-order valence-electron chi connectivity index (χ1n) is 6.60. The highest BCUT2D eigenvalue weighted by Gasteiger charge is 2.25. The number of hydrogen-bond donors (Lipinski definition) is 0. The number of hydrogen-bond acceptors (Lipinski definition) is 3. The van der Waals surface area contributed by atoms with Crippen LogP contribution in [-0.4, -0.2) is 38.5 Å². The van der Waals surface area contributed by atoms with E-state index in [4.69, 9.17) is 11.6 Å². The van der Waals surface area contributed by atoms with E-state index in [-0.39, 0.29) is 5.91 Å². The van der Waals surface area contributed by atoms with Crippen molar-refractivity contribution in [1.82, 2.24) is 19.5 Å². The number of aromatic nitrogens is 3. The number of likely N-dealkylation sites (tertiary alicyclic amines) is 1. The van der Waals surface area contributed by atoms with E-state index in [1.807, 2.05) is 17.2 Å². The molecule has 0 radical (unpaired) electrons. The topological polar surface area (TPSA) is 50.5 Å². The molecule has 0 unspecified atom stereocenters. The lowest BCUT2D eigenvalue weighted by molar-refractivity contribution is -0.127. The summed E-state index contributed by atoms with van der Waals surface area (Å²) in [5.74, 6) is 0.393. The number of halogens is 1. The Morgan fingerprint density at radius 2 is 2.20 bits per heavy atom. The van der Waals surface area contributed by atoms with Crippen LogP contribution in [0.2, 0.25) is 5.15 Å². The molecule has 0 bridgehead atoms. The quantitative estimate of drug-likeness (QED) is 0.797. The molecule has 1 aliphatic rings. The van der Waals surface area contributed by atoms with E-state index in [0.717, 1.165) is 31.4 Å². The largest absolute Gasteiger partial charge is 0.339 e. The fourth-order valence-corrected chi connectivity index (χ4v) is 3.05. The van der Waals surface area contributed by atoms with Crippen LogP contribution in [0.15, 0.2) is 31.2 Å². The van der Waals surface area contributed by atoms with E-state index >= 15 is 0 Å². The average Bonchev–Trinajstić information content (AvgIpc) is 2.92. The highest BCUT2D eigenvalue weighted by Crippen LogP contribution is 2.33. The molecule has 0 N–H and O–H groups in total. The third kappa shape index (κ3) is 2.18.